The maximum atomic E-state index is 14.3. The molecule has 0 aliphatic carbocycles. The number of aromatic nitrogens is 6. The van der Waals surface area contributed by atoms with Crippen LogP contribution in [-0.4, -0.2) is 51.7 Å². The minimum absolute atomic E-state index is 0.0174. The highest BCUT2D eigenvalue weighted by Crippen LogP contribution is 2.37. The molecule has 0 unspecified atom stereocenters. The molecule has 2 N–H and O–H groups in total. The molecule has 0 atom stereocenters. The zero-order valence-corrected chi connectivity index (χ0v) is 18.9. The zero-order chi connectivity index (χ0) is 23.8. The highest BCUT2D eigenvalue weighted by molar-refractivity contribution is 7.90. The topological polar surface area (TPSA) is 137 Å². The maximum absolute atomic E-state index is 14.3. The van der Waals surface area contributed by atoms with E-state index in [0.29, 0.717) is 22.8 Å². The molecule has 0 aliphatic heterocycles. The second kappa shape index (κ2) is 8.50. The summed E-state index contributed by atoms with van der Waals surface area (Å²) >= 11 is 0. The SMILES string of the molecule is COc1c(Nc2cc(C)[nH]n2)nc(Oc2ccc(S(C)(=O)=O)c(F)c2)nc1-c1cnn(C)c1. The Balaban J connectivity index is 1.79. The smallest absolute Gasteiger partial charge is 0.324 e. The summed E-state index contributed by atoms with van der Waals surface area (Å²) in [5.74, 6) is 0.122. The van der Waals surface area contributed by atoms with Crippen LogP contribution in [0.25, 0.3) is 11.3 Å². The number of H-pyrrole nitrogens is 1. The van der Waals surface area contributed by atoms with E-state index < -0.39 is 20.5 Å². The number of sulfone groups is 1. The van der Waals surface area contributed by atoms with E-state index in [1.807, 2.05) is 6.92 Å². The quantitative estimate of drug-likeness (QED) is 0.415. The van der Waals surface area contributed by atoms with Gasteiger partial charge in [-0.15, -0.1) is 0 Å². The number of aromatic amines is 1. The predicted octanol–water partition coefficient (Wildman–Crippen LogP) is 3.00. The van der Waals surface area contributed by atoms with E-state index in [4.69, 9.17) is 9.47 Å². The first-order chi connectivity index (χ1) is 15.6. The van der Waals surface area contributed by atoms with Gasteiger partial charge in [-0.3, -0.25) is 9.78 Å². The van der Waals surface area contributed by atoms with Crippen LogP contribution in [0, 0.1) is 12.7 Å². The number of methoxy groups -OCH3 is 1. The number of halogens is 1. The zero-order valence-electron chi connectivity index (χ0n) is 18.1. The lowest BCUT2D eigenvalue weighted by atomic mass is 10.2. The van der Waals surface area contributed by atoms with E-state index in [1.54, 1.807) is 30.2 Å². The third-order valence-corrected chi connectivity index (χ3v) is 5.62. The molecule has 1 aromatic carbocycles. The standard InChI is InChI=1S/C20H20FN7O4S/c1-11-7-16(27-26-11)23-19-18(31-3)17(12-9-22-28(2)10-12)24-20(25-19)32-13-5-6-15(14(21)8-13)33(4,29)30/h5-10H,1-4H3,(H2,23,24,25,26,27). The van der Waals surface area contributed by atoms with E-state index in [0.717, 1.165) is 24.1 Å². The fourth-order valence-corrected chi connectivity index (χ4v) is 3.78. The van der Waals surface area contributed by atoms with Crippen LogP contribution in [0.1, 0.15) is 5.69 Å². The van der Waals surface area contributed by atoms with Gasteiger partial charge in [0, 0.05) is 42.9 Å². The lowest BCUT2D eigenvalue weighted by Gasteiger charge is -2.14. The Morgan fingerprint density at radius 3 is 2.58 bits per heavy atom. The van der Waals surface area contributed by atoms with Crippen molar-refractivity contribution in [3.8, 4) is 28.8 Å². The van der Waals surface area contributed by atoms with Crippen molar-refractivity contribution in [2.24, 2.45) is 7.05 Å². The maximum Gasteiger partial charge on any atom is 0.324 e. The molecule has 0 radical (unpaired) electrons. The molecule has 3 heterocycles. The second-order valence-corrected chi connectivity index (χ2v) is 9.15. The van der Waals surface area contributed by atoms with E-state index in [9.17, 15) is 12.8 Å². The number of nitrogens with one attached hydrogen (secondary N) is 2. The van der Waals surface area contributed by atoms with Gasteiger partial charge in [-0.25, -0.2) is 12.8 Å². The number of anilines is 2. The van der Waals surface area contributed by atoms with Crippen molar-refractivity contribution in [3.63, 3.8) is 0 Å². The molecular formula is C20H20FN7O4S. The fourth-order valence-electron chi connectivity index (χ4n) is 3.05. The molecule has 0 amide bonds. The van der Waals surface area contributed by atoms with Crippen LogP contribution < -0.4 is 14.8 Å². The Hall–Kier alpha value is -4.00. The van der Waals surface area contributed by atoms with Crippen molar-refractivity contribution in [2.45, 2.75) is 11.8 Å². The summed E-state index contributed by atoms with van der Waals surface area (Å²) in [4.78, 5) is 8.32. The average Bonchev–Trinajstić information content (AvgIpc) is 3.34. The number of ether oxygens (including phenoxy) is 2. The summed E-state index contributed by atoms with van der Waals surface area (Å²) in [5.41, 5.74) is 1.83. The fraction of sp³-hybridized carbons (Fsp3) is 0.200. The first-order valence-electron chi connectivity index (χ1n) is 9.55. The minimum atomic E-state index is -3.72. The van der Waals surface area contributed by atoms with Crippen molar-refractivity contribution in [2.75, 3.05) is 18.7 Å². The summed E-state index contributed by atoms with van der Waals surface area (Å²) in [6.07, 6.45) is 4.25. The average molecular weight is 473 g/mol. The molecule has 0 saturated carbocycles. The molecule has 33 heavy (non-hydrogen) atoms. The summed E-state index contributed by atoms with van der Waals surface area (Å²) in [5, 5.41) is 14.2. The molecule has 11 nitrogen and oxygen atoms in total. The van der Waals surface area contributed by atoms with Gasteiger partial charge in [0.15, 0.2) is 27.2 Å². The molecule has 0 saturated heterocycles. The van der Waals surface area contributed by atoms with Crippen LogP contribution in [0.15, 0.2) is 41.6 Å². The van der Waals surface area contributed by atoms with Gasteiger partial charge in [-0.05, 0) is 19.1 Å². The van der Waals surface area contributed by atoms with Crippen LogP contribution in [0.4, 0.5) is 16.0 Å². The third-order valence-electron chi connectivity index (χ3n) is 4.49. The number of benzene rings is 1. The van der Waals surface area contributed by atoms with Gasteiger partial charge in [-0.2, -0.15) is 20.2 Å². The van der Waals surface area contributed by atoms with Crippen molar-refractivity contribution >= 4 is 21.5 Å². The molecule has 172 valence electrons. The van der Waals surface area contributed by atoms with Crippen LogP contribution >= 0.6 is 0 Å². The summed E-state index contributed by atoms with van der Waals surface area (Å²) in [6.45, 7) is 1.85. The van der Waals surface area contributed by atoms with Crippen molar-refractivity contribution in [1.82, 2.24) is 29.9 Å². The van der Waals surface area contributed by atoms with Gasteiger partial charge in [0.2, 0.25) is 0 Å². The highest BCUT2D eigenvalue weighted by atomic mass is 32.2. The first kappa shape index (κ1) is 22.2. The Morgan fingerprint density at radius 1 is 1.21 bits per heavy atom. The molecule has 4 rings (SSSR count). The van der Waals surface area contributed by atoms with Crippen molar-refractivity contribution in [1.29, 1.82) is 0 Å². The van der Waals surface area contributed by atoms with Gasteiger partial charge in [0.05, 0.1) is 13.3 Å². The number of hydrogen-bond donors (Lipinski definition) is 2. The first-order valence-corrected chi connectivity index (χ1v) is 11.4. The highest BCUT2D eigenvalue weighted by Gasteiger charge is 2.21. The van der Waals surface area contributed by atoms with E-state index in [2.05, 4.69) is 30.6 Å². The molecule has 13 heteroatoms. The molecule has 4 aromatic rings. The summed E-state index contributed by atoms with van der Waals surface area (Å²) < 4.78 is 50.5. The molecular weight excluding hydrogens is 453 g/mol. The van der Waals surface area contributed by atoms with Crippen LogP contribution in [0.5, 0.6) is 17.5 Å². The van der Waals surface area contributed by atoms with Gasteiger partial charge in [0.1, 0.15) is 22.2 Å². The van der Waals surface area contributed by atoms with E-state index in [1.165, 1.54) is 13.2 Å². The monoisotopic (exact) mass is 473 g/mol. The minimum Gasteiger partial charge on any atom is -0.491 e. The Morgan fingerprint density at radius 2 is 2.00 bits per heavy atom. The van der Waals surface area contributed by atoms with Gasteiger partial charge in [-0.1, -0.05) is 0 Å². The molecule has 0 fully saturated rings. The largest absolute Gasteiger partial charge is 0.491 e. The normalized spacial score (nSPS) is 11.4. The van der Waals surface area contributed by atoms with Crippen molar-refractivity contribution in [3.05, 3.63) is 48.2 Å². The molecule has 0 bridgehead atoms. The lowest BCUT2D eigenvalue weighted by Crippen LogP contribution is -2.05. The van der Waals surface area contributed by atoms with Crippen LogP contribution in [0.3, 0.4) is 0 Å². The Bertz CT molecular complexity index is 1430. The number of aryl methyl sites for hydroxylation is 2. The van der Waals surface area contributed by atoms with Crippen LogP contribution in [0.2, 0.25) is 0 Å². The molecule has 0 aliphatic rings. The van der Waals surface area contributed by atoms with Gasteiger partial charge in [0.25, 0.3) is 0 Å². The van der Waals surface area contributed by atoms with Crippen LogP contribution in [-0.2, 0) is 16.9 Å². The predicted molar refractivity (Wildman–Crippen MR) is 117 cm³/mol. The number of hydrogen-bond acceptors (Lipinski definition) is 9. The number of rotatable bonds is 7. The summed E-state index contributed by atoms with van der Waals surface area (Å²) in [7, 11) is -0.492. The molecule has 0 spiro atoms. The Kier molecular flexibility index (Phi) is 5.72. The second-order valence-electron chi connectivity index (χ2n) is 7.17. The van der Waals surface area contributed by atoms with E-state index >= 15 is 0 Å². The Labute approximate surface area is 188 Å². The number of nitrogens with zero attached hydrogens (tertiary/aromatic N) is 5. The van der Waals surface area contributed by atoms with E-state index in [-0.39, 0.29) is 17.6 Å². The van der Waals surface area contributed by atoms with Gasteiger partial charge < -0.3 is 14.8 Å². The van der Waals surface area contributed by atoms with Gasteiger partial charge >= 0.3 is 6.01 Å². The molecule has 3 aromatic heterocycles. The van der Waals surface area contributed by atoms with Crippen molar-refractivity contribution < 1.29 is 22.3 Å². The third kappa shape index (κ3) is 4.77. The lowest BCUT2D eigenvalue weighted by molar-refractivity contribution is 0.403. The summed E-state index contributed by atoms with van der Waals surface area (Å²) in [6, 6.07) is 5.04.